The van der Waals surface area contributed by atoms with Crippen molar-refractivity contribution in [1.82, 2.24) is 0 Å². The maximum Gasteiger partial charge on any atom is 0.344 e. The number of fused-ring (bicyclic) bond motifs is 1. The number of hydrogen-bond acceptors (Lipinski definition) is 3. The molecule has 0 aliphatic rings. The van der Waals surface area contributed by atoms with Crippen LogP contribution in [0.1, 0.15) is 16.1 Å². The largest absolute Gasteiger partial charge is 0.417 e. The minimum absolute atomic E-state index is 0.0388. The number of hydrogen-bond donors (Lipinski definition) is 1. The molecule has 0 bridgehead atoms. The maximum absolute atomic E-state index is 12.3. The zero-order chi connectivity index (χ0) is 15.7. The molecule has 0 aliphatic heterocycles. The highest BCUT2D eigenvalue weighted by atomic mass is 35.5. The van der Waals surface area contributed by atoms with E-state index in [1.807, 2.05) is 0 Å². The lowest BCUT2D eigenvalue weighted by molar-refractivity contribution is 0.0993. The first-order valence-electron chi connectivity index (χ1n) is 6.65. The van der Waals surface area contributed by atoms with E-state index in [9.17, 15) is 9.59 Å². The molecular formula is C17H12ClNO3. The molecule has 3 aromatic rings. The third-order valence-electron chi connectivity index (χ3n) is 3.41. The van der Waals surface area contributed by atoms with Crippen molar-refractivity contribution in [2.75, 3.05) is 5.32 Å². The summed E-state index contributed by atoms with van der Waals surface area (Å²) in [6, 6.07) is 13.7. The van der Waals surface area contributed by atoms with Gasteiger partial charge in [-0.3, -0.25) is 4.79 Å². The fraction of sp³-hybridized carbons (Fsp3) is 0.0588. The Labute approximate surface area is 131 Å². The van der Waals surface area contributed by atoms with Crippen LogP contribution >= 0.6 is 11.6 Å². The zero-order valence-corrected chi connectivity index (χ0v) is 12.5. The van der Waals surface area contributed by atoms with Crippen LogP contribution in [0.4, 0.5) is 5.69 Å². The second-order valence-electron chi connectivity index (χ2n) is 4.85. The van der Waals surface area contributed by atoms with Crippen LogP contribution in [-0.2, 0) is 0 Å². The molecule has 1 N–H and O–H groups in total. The fourth-order valence-corrected chi connectivity index (χ4v) is 2.35. The fourth-order valence-electron chi connectivity index (χ4n) is 2.17. The van der Waals surface area contributed by atoms with Gasteiger partial charge in [0.25, 0.3) is 5.91 Å². The van der Waals surface area contributed by atoms with E-state index in [1.54, 1.807) is 55.5 Å². The van der Waals surface area contributed by atoms with Gasteiger partial charge in [-0.05, 0) is 42.1 Å². The molecule has 22 heavy (non-hydrogen) atoms. The Balaban J connectivity index is 1.99. The van der Waals surface area contributed by atoms with Gasteiger partial charge in [0.2, 0.25) is 0 Å². The molecule has 0 saturated heterocycles. The number of carbonyl (C=O) groups excluding carboxylic acids is 1. The van der Waals surface area contributed by atoms with Gasteiger partial charge >= 0.3 is 5.63 Å². The van der Waals surface area contributed by atoms with Crippen LogP contribution in [0.2, 0.25) is 5.02 Å². The molecule has 0 atom stereocenters. The molecule has 3 rings (SSSR count). The number of carbonyl (C=O) groups is 1. The summed E-state index contributed by atoms with van der Waals surface area (Å²) in [5.74, 6) is -0.531. The molecular weight excluding hydrogens is 302 g/mol. The van der Waals surface area contributed by atoms with E-state index < -0.39 is 11.5 Å². The molecule has 0 radical (unpaired) electrons. The van der Waals surface area contributed by atoms with Crippen molar-refractivity contribution in [3.05, 3.63) is 75.3 Å². The van der Waals surface area contributed by atoms with E-state index in [0.29, 0.717) is 21.5 Å². The third-order valence-corrected chi connectivity index (χ3v) is 3.82. The van der Waals surface area contributed by atoms with E-state index in [1.165, 1.54) is 0 Å². The van der Waals surface area contributed by atoms with Gasteiger partial charge in [0.15, 0.2) is 5.76 Å². The number of nitrogens with one attached hydrogen (secondary N) is 1. The average Bonchev–Trinajstić information content (AvgIpc) is 2.52. The normalized spacial score (nSPS) is 10.6. The summed E-state index contributed by atoms with van der Waals surface area (Å²) in [5, 5.41) is 4.36. The molecule has 0 saturated carbocycles. The summed E-state index contributed by atoms with van der Waals surface area (Å²) in [4.78, 5) is 24.2. The topological polar surface area (TPSA) is 59.3 Å². The second-order valence-corrected chi connectivity index (χ2v) is 5.26. The number of rotatable bonds is 2. The molecule has 1 aromatic heterocycles. The van der Waals surface area contributed by atoms with Crippen molar-refractivity contribution >= 4 is 34.0 Å². The van der Waals surface area contributed by atoms with Gasteiger partial charge in [0.05, 0.1) is 5.39 Å². The first kappa shape index (κ1) is 14.4. The lowest BCUT2D eigenvalue weighted by Crippen LogP contribution is -2.15. The van der Waals surface area contributed by atoms with E-state index in [2.05, 4.69) is 5.32 Å². The molecule has 0 unspecified atom stereocenters. The molecule has 0 aliphatic carbocycles. The Morgan fingerprint density at radius 1 is 1.14 bits per heavy atom. The number of benzene rings is 2. The van der Waals surface area contributed by atoms with Crippen LogP contribution in [0.25, 0.3) is 10.8 Å². The zero-order valence-electron chi connectivity index (χ0n) is 11.7. The Kier molecular flexibility index (Phi) is 3.69. The first-order valence-corrected chi connectivity index (χ1v) is 7.03. The van der Waals surface area contributed by atoms with Crippen LogP contribution in [0.5, 0.6) is 0 Å². The molecule has 1 heterocycles. The molecule has 4 nitrogen and oxygen atoms in total. The lowest BCUT2D eigenvalue weighted by atomic mass is 10.1. The first-order chi connectivity index (χ1) is 10.6. The Hall–Kier alpha value is -2.59. The smallest absolute Gasteiger partial charge is 0.344 e. The van der Waals surface area contributed by atoms with E-state index in [4.69, 9.17) is 16.0 Å². The third kappa shape index (κ3) is 2.61. The quantitative estimate of drug-likeness (QED) is 0.777. The van der Waals surface area contributed by atoms with Crippen LogP contribution in [0, 0.1) is 6.92 Å². The Morgan fingerprint density at radius 2 is 1.91 bits per heavy atom. The van der Waals surface area contributed by atoms with E-state index >= 15 is 0 Å². The van der Waals surface area contributed by atoms with E-state index in [0.717, 1.165) is 5.56 Å². The van der Waals surface area contributed by atoms with Crippen molar-refractivity contribution in [3.63, 3.8) is 0 Å². The summed E-state index contributed by atoms with van der Waals surface area (Å²) in [7, 11) is 0. The van der Waals surface area contributed by atoms with Crippen LogP contribution in [0.15, 0.2) is 57.7 Å². The molecule has 1 amide bonds. The van der Waals surface area contributed by atoms with Crippen molar-refractivity contribution < 1.29 is 9.21 Å². The van der Waals surface area contributed by atoms with Crippen LogP contribution < -0.4 is 10.9 Å². The SMILES string of the molecule is Cc1c(Cl)cccc1NC(=O)c1cc2ccccc2c(=O)o1. The van der Waals surface area contributed by atoms with Gasteiger partial charge in [-0.1, -0.05) is 35.9 Å². The summed E-state index contributed by atoms with van der Waals surface area (Å²) in [6.07, 6.45) is 0. The predicted molar refractivity (Wildman–Crippen MR) is 86.6 cm³/mol. The molecule has 2 aromatic carbocycles. The maximum atomic E-state index is 12.3. The standard InChI is InChI=1S/C17H12ClNO3/c1-10-13(18)7-4-8-14(10)19-16(20)15-9-11-5-2-3-6-12(11)17(21)22-15/h2-9H,1H3,(H,19,20). The van der Waals surface area contributed by atoms with Gasteiger partial charge in [-0.25, -0.2) is 4.79 Å². The van der Waals surface area contributed by atoms with Gasteiger partial charge in [-0.15, -0.1) is 0 Å². The van der Waals surface area contributed by atoms with Gasteiger partial charge < -0.3 is 9.73 Å². The van der Waals surface area contributed by atoms with Crippen LogP contribution in [-0.4, -0.2) is 5.91 Å². The van der Waals surface area contributed by atoms with Crippen LogP contribution in [0.3, 0.4) is 0 Å². The average molecular weight is 314 g/mol. The molecule has 5 heteroatoms. The second kappa shape index (κ2) is 5.66. The number of halogens is 1. The Morgan fingerprint density at radius 3 is 2.73 bits per heavy atom. The predicted octanol–water partition coefficient (Wildman–Crippen LogP) is 4.01. The molecule has 110 valence electrons. The Bertz CT molecular complexity index is 931. The van der Waals surface area contributed by atoms with E-state index in [-0.39, 0.29) is 5.76 Å². The highest BCUT2D eigenvalue weighted by Gasteiger charge is 2.13. The summed E-state index contributed by atoms with van der Waals surface area (Å²) >= 11 is 6.02. The lowest BCUT2D eigenvalue weighted by Gasteiger charge is -2.09. The summed E-state index contributed by atoms with van der Waals surface area (Å²) in [5.41, 5.74) is 0.792. The highest BCUT2D eigenvalue weighted by molar-refractivity contribution is 6.31. The summed E-state index contributed by atoms with van der Waals surface area (Å²) in [6.45, 7) is 1.80. The van der Waals surface area contributed by atoms with Gasteiger partial charge in [-0.2, -0.15) is 0 Å². The summed E-state index contributed by atoms with van der Waals surface area (Å²) < 4.78 is 5.09. The van der Waals surface area contributed by atoms with Gasteiger partial charge in [0.1, 0.15) is 0 Å². The van der Waals surface area contributed by atoms with Crippen molar-refractivity contribution in [2.24, 2.45) is 0 Å². The minimum atomic E-state index is -0.536. The molecule has 0 fully saturated rings. The monoisotopic (exact) mass is 313 g/mol. The number of amides is 1. The molecule has 0 spiro atoms. The van der Waals surface area contributed by atoms with Crippen molar-refractivity contribution in [1.29, 1.82) is 0 Å². The van der Waals surface area contributed by atoms with Gasteiger partial charge in [0, 0.05) is 10.7 Å². The van der Waals surface area contributed by atoms with Crippen molar-refractivity contribution in [3.8, 4) is 0 Å². The number of anilines is 1. The van der Waals surface area contributed by atoms with Crippen molar-refractivity contribution in [2.45, 2.75) is 6.92 Å². The highest BCUT2D eigenvalue weighted by Crippen LogP contribution is 2.23. The minimum Gasteiger partial charge on any atom is -0.417 e.